The molecular weight excluding hydrogens is 823 g/mol. The zero-order valence-corrected chi connectivity index (χ0v) is 45.7. The number of carbonyl (C=O) groups is 2. The van der Waals surface area contributed by atoms with E-state index in [1.807, 2.05) is 21.1 Å². The summed E-state index contributed by atoms with van der Waals surface area (Å²) in [6, 6.07) is 3.07. The molecular formula is C43H96N6O6P2S2+2. The molecule has 0 fully saturated rings. The highest BCUT2D eigenvalue weighted by Gasteiger charge is 2.36. The van der Waals surface area contributed by atoms with Gasteiger partial charge in [0.1, 0.15) is 13.1 Å². The van der Waals surface area contributed by atoms with E-state index in [0.29, 0.717) is 90.6 Å². The largest absolute Gasteiger partial charge is 0.354 e. The van der Waals surface area contributed by atoms with Gasteiger partial charge < -0.3 is 27.5 Å². The van der Waals surface area contributed by atoms with Gasteiger partial charge in [-0.1, -0.05) is 23.5 Å². The molecule has 0 rings (SSSR count). The van der Waals surface area contributed by atoms with Crippen LogP contribution >= 0.6 is 40.4 Å². The smallest absolute Gasteiger partial charge is 0.243 e. The van der Waals surface area contributed by atoms with Crippen molar-refractivity contribution >= 4 is 50.7 Å². The zero-order chi connectivity index (χ0) is 46.3. The third-order valence-corrected chi connectivity index (χ3v) is 17.2. The molecule has 0 bridgehead atoms. The molecule has 0 unspecified atom stereocenters. The van der Waals surface area contributed by atoms with Crippen LogP contribution in [0.4, 0.5) is 0 Å². The number of carbonyl (C=O) groups excluding carboxylic acids is 2. The van der Waals surface area contributed by atoms with Crippen LogP contribution in [0.15, 0.2) is 0 Å². The molecule has 59 heavy (non-hydrogen) atoms. The molecule has 0 aliphatic rings. The third kappa shape index (κ3) is 25.5. The third-order valence-electron chi connectivity index (χ3n) is 9.59. The van der Waals surface area contributed by atoms with Gasteiger partial charge in [-0.05, 0) is 132 Å². The van der Waals surface area contributed by atoms with Crippen LogP contribution < -0.4 is 0 Å². The first-order valence-electron chi connectivity index (χ1n) is 22.3. The number of nitrogens with zero attached hydrogens (tertiary/aromatic N) is 6. The Morgan fingerprint density at radius 1 is 0.475 bits per heavy atom. The van der Waals surface area contributed by atoms with Gasteiger partial charge in [0.15, 0.2) is 30.5 Å². The number of quaternary nitrogens is 2. The Hall–Kier alpha value is 0.500. The van der Waals surface area contributed by atoms with Crippen molar-refractivity contribution in [3.63, 3.8) is 0 Å². The van der Waals surface area contributed by atoms with Crippen LogP contribution in [-0.4, -0.2) is 178 Å². The van der Waals surface area contributed by atoms with Crippen LogP contribution in [0.5, 0.6) is 0 Å². The van der Waals surface area contributed by atoms with E-state index in [1.54, 1.807) is 0 Å². The Bertz CT molecular complexity index is 1020. The van der Waals surface area contributed by atoms with Crippen LogP contribution in [0, 0.1) is 0 Å². The summed E-state index contributed by atoms with van der Waals surface area (Å²) in [5.74, 6) is 1.34. The second-order valence-corrected chi connectivity index (χ2v) is 24.1. The van der Waals surface area contributed by atoms with Gasteiger partial charge in [-0.25, -0.2) is 18.7 Å². The van der Waals surface area contributed by atoms with E-state index in [4.69, 9.17) is 18.5 Å². The highest BCUT2D eigenvalue weighted by atomic mass is 32.2. The van der Waals surface area contributed by atoms with E-state index >= 15 is 0 Å². The Morgan fingerprint density at radius 3 is 0.949 bits per heavy atom. The molecule has 0 N–H and O–H groups in total. The van der Waals surface area contributed by atoms with Crippen LogP contribution in [0.25, 0.3) is 0 Å². The minimum atomic E-state index is -0.939. The predicted octanol–water partition coefficient (Wildman–Crippen LogP) is 9.99. The van der Waals surface area contributed by atoms with Gasteiger partial charge >= 0.3 is 0 Å². The van der Waals surface area contributed by atoms with Crippen molar-refractivity contribution in [2.24, 2.45) is 0 Å². The molecule has 0 aromatic carbocycles. The molecule has 0 heterocycles. The Morgan fingerprint density at radius 2 is 0.729 bits per heavy atom. The Kier molecular flexibility index (Phi) is 33.6. The molecule has 354 valence electrons. The zero-order valence-electron chi connectivity index (χ0n) is 42.2. The van der Waals surface area contributed by atoms with Gasteiger partial charge in [0, 0.05) is 59.8 Å². The van der Waals surface area contributed by atoms with E-state index in [-0.39, 0.29) is 23.8 Å². The maximum Gasteiger partial charge on any atom is 0.243 e. The maximum atomic E-state index is 12.4. The molecule has 0 aliphatic heterocycles. The van der Waals surface area contributed by atoms with Gasteiger partial charge in [0.2, 0.25) is 10.2 Å². The molecule has 0 atom stereocenters. The van der Waals surface area contributed by atoms with Gasteiger partial charge in [-0.2, -0.15) is 0 Å². The molecule has 16 heteroatoms. The molecule has 0 aliphatic carbocycles. The molecule has 0 radical (unpaired) electrons. The topological polar surface area (TPSA) is 84.0 Å². The van der Waals surface area contributed by atoms with E-state index in [0.717, 1.165) is 24.1 Å². The molecule has 0 amide bonds. The summed E-state index contributed by atoms with van der Waals surface area (Å²) in [5, 5.41) is 0.463. The summed E-state index contributed by atoms with van der Waals surface area (Å²) in [4.78, 5) is 24.3. The SMILES string of the molecule is CC(C)N(C(C)C)P(OCOCCSC(=O)C[N+](C)(C)C)N(C(C)C)C(C)C.CC[N+](CC)(CC)CC(=O)SCCOCOP(N(C(C)C)C(C)C)N(C(C)C)C(C)C. The minimum absolute atomic E-state index is 0.204. The minimum Gasteiger partial charge on any atom is -0.354 e. The first-order chi connectivity index (χ1) is 27.2. The molecule has 0 spiro atoms. The van der Waals surface area contributed by atoms with E-state index in [9.17, 15) is 9.59 Å². The van der Waals surface area contributed by atoms with Crippen LogP contribution in [-0.2, 0) is 28.1 Å². The van der Waals surface area contributed by atoms with Gasteiger partial charge in [-0.15, -0.1) is 0 Å². The van der Waals surface area contributed by atoms with Crippen molar-refractivity contribution in [2.75, 3.05) is 92.2 Å². The van der Waals surface area contributed by atoms with Crippen molar-refractivity contribution in [3.8, 4) is 0 Å². The van der Waals surface area contributed by atoms with E-state index < -0.39 is 16.9 Å². The Balaban J connectivity index is 0. The molecule has 0 aromatic rings. The van der Waals surface area contributed by atoms with Gasteiger partial charge in [0.25, 0.3) is 0 Å². The lowest BCUT2D eigenvalue weighted by Gasteiger charge is -2.45. The molecule has 0 saturated carbocycles. The van der Waals surface area contributed by atoms with E-state index in [1.165, 1.54) is 23.5 Å². The highest BCUT2D eigenvalue weighted by molar-refractivity contribution is 8.13. The summed E-state index contributed by atoms with van der Waals surface area (Å²) in [7, 11) is 4.20. The molecule has 0 aromatic heterocycles. The summed E-state index contributed by atoms with van der Waals surface area (Å²) in [6.45, 7) is 47.7. The Labute approximate surface area is 376 Å². The normalized spacial score (nSPS) is 13.3. The first kappa shape index (κ1) is 61.6. The fourth-order valence-corrected chi connectivity index (χ4v) is 13.2. The van der Waals surface area contributed by atoms with Gasteiger partial charge in [-0.3, -0.25) is 9.59 Å². The second kappa shape index (κ2) is 32.2. The summed E-state index contributed by atoms with van der Waals surface area (Å²) in [5.41, 5.74) is 0. The van der Waals surface area contributed by atoms with Crippen LogP contribution in [0.3, 0.4) is 0 Å². The summed E-state index contributed by atoms with van der Waals surface area (Å²) in [6.07, 6.45) is 0. The number of hydrogen-bond acceptors (Lipinski definition) is 12. The fourth-order valence-electron chi connectivity index (χ4n) is 6.95. The number of thioether (sulfide) groups is 2. The number of ether oxygens (including phenoxy) is 2. The number of hydrogen-bond donors (Lipinski definition) is 0. The number of likely N-dealkylation sites (N-methyl/N-ethyl adjacent to an activating group) is 2. The first-order valence-corrected chi connectivity index (χ1v) is 26.6. The predicted molar refractivity (Wildman–Crippen MR) is 261 cm³/mol. The molecule has 0 saturated heterocycles. The molecule has 12 nitrogen and oxygen atoms in total. The lowest BCUT2D eigenvalue weighted by molar-refractivity contribution is -0.915. The monoisotopic (exact) mass is 919 g/mol. The van der Waals surface area contributed by atoms with Crippen molar-refractivity contribution in [2.45, 2.75) is 180 Å². The number of rotatable bonds is 31. The second-order valence-electron chi connectivity index (χ2n) is 18.4. The van der Waals surface area contributed by atoms with Crippen molar-refractivity contribution < 1.29 is 37.1 Å². The van der Waals surface area contributed by atoms with Crippen molar-refractivity contribution in [1.29, 1.82) is 0 Å². The standard InChI is InChI=1S/C23H51N3O3PS.C20H45N3O3PS/c1-12-26(13-2,14-3)17-23(27)31-16-15-28-18-29-30(24(19(4)5)20(6)7)25(21(8)9)22(10)11;1-16(2)21(17(3)4)27(22(18(5)6)19(7)8)26-15-25-12-13-28-20(24)14-23(9,10)11/h19-22H,12-18H2,1-11H3;16-19H,12-15H2,1-11H3/q2*+1. The van der Waals surface area contributed by atoms with Crippen molar-refractivity contribution in [1.82, 2.24) is 18.7 Å². The maximum absolute atomic E-state index is 12.4. The quantitative estimate of drug-likeness (QED) is 0.0287. The van der Waals surface area contributed by atoms with Crippen LogP contribution in [0.2, 0.25) is 0 Å². The average Bonchev–Trinajstić information content (AvgIpc) is 3.08. The highest BCUT2D eigenvalue weighted by Crippen LogP contribution is 2.51. The van der Waals surface area contributed by atoms with E-state index in [2.05, 4.69) is 150 Å². The fraction of sp³-hybridized carbons (Fsp3) is 0.953. The summed E-state index contributed by atoms with van der Waals surface area (Å²) >= 11 is 2.73. The lowest BCUT2D eigenvalue weighted by atomic mass is 10.3. The van der Waals surface area contributed by atoms with Crippen molar-refractivity contribution in [3.05, 3.63) is 0 Å². The average molecular weight is 919 g/mol. The van der Waals surface area contributed by atoms with Crippen LogP contribution in [0.1, 0.15) is 132 Å². The lowest BCUT2D eigenvalue weighted by Crippen LogP contribution is -2.50. The van der Waals surface area contributed by atoms with Gasteiger partial charge in [0.05, 0.1) is 54.0 Å². The summed E-state index contributed by atoms with van der Waals surface area (Å²) < 4.78 is 35.5.